The third kappa shape index (κ3) is 61.9. The predicted octanol–water partition coefficient (Wildman–Crippen LogP) is 19.9. The molecule has 0 aromatic carbocycles. The van der Waals surface area contributed by atoms with Gasteiger partial charge in [-0.1, -0.05) is 292 Å². The van der Waals surface area contributed by atoms with Gasteiger partial charge in [0, 0.05) is 12.8 Å². The molecule has 2 unspecified atom stereocenters. The number of esters is 2. The number of nitrogens with zero attached hydrogens (tertiary/aromatic N) is 1. The first-order valence-electron chi connectivity index (χ1n) is 32.8. The van der Waals surface area contributed by atoms with E-state index >= 15 is 0 Å². The van der Waals surface area contributed by atoms with Gasteiger partial charge in [-0.3, -0.25) is 9.59 Å². The maximum absolute atomic E-state index is 12.9. The monoisotopic (exact) mass is 1110 g/mol. The van der Waals surface area contributed by atoms with Crippen molar-refractivity contribution in [1.82, 2.24) is 0 Å². The lowest BCUT2D eigenvalue weighted by Crippen LogP contribution is -2.40. The van der Waals surface area contributed by atoms with Crippen LogP contribution in [0.1, 0.15) is 284 Å². The Labute approximate surface area is 487 Å². The molecule has 0 aliphatic heterocycles. The van der Waals surface area contributed by atoms with Crippen molar-refractivity contribution >= 4 is 17.9 Å². The molecule has 0 aromatic rings. The van der Waals surface area contributed by atoms with Crippen molar-refractivity contribution in [2.45, 2.75) is 296 Å². The molecule has 0 fully saturated rings. The van der Waals surface area contributed by atoms with Crippen LogP contribution in [-0.2, 0) is 33.3 Å². The van der Waals surface area contributed by atoms with Crippen molar-refractivity contribution in [2.24, 2.45) is 0 Å². The number of hydrogen-bond donors (Lipinski definition) is 1. The van der Waals surface area contributed by atoms with Gasteiger partial charge in [0.25, 0.3) is 6.29 Å². The van der Waals surface area contributed by atoms with Gasteiger partial charge in [-0.2, -0.15) is 0 Å². The predicted molar refractivity (Wildman–Crippen MR) is 336 cm³/mol. The normalized spacial score (nSPS) is 13.3. The van der Waals surface area contributed by atoms with Gasteiger partial charge in [0.2, 0.25) is 0 Å². The van der Waals surface area contributed by atoms with Gasteiger partial charge in [0.15, 0.2) is 6.10 Å². The zero-order valence-electron chi connectivity index (χ0n) is 52.0. The number of likely N-dealkylation sites (N-methyl/N-ethyl adjacent to an activating group) is 1. The van der Waals surface area contributed by atoms with Crippen molar-refractivity contribution < 1.29 is 42.9 Å². The summed E-state index contributed by atoms with van der Waals surface area (Å²) >= 11 is 0. The highest BCUT2D eigenvalue weighted by atomic mass is 16.7. The van der Waals surface area contributed by atoms with Crippen LogP contribution in [0.25, 0.3) is 0 Å². The topological polar surface area (TPSA) is 108 Å². The number of carbonyl (C=O) groups excluding carboxylic acids is 2. The van der Waals surface area contributed by atoms with Gasteiger partial charge in [0.1, 0.15) is 13.2 Å². The molecule has 0 amide bonds. The molecule has 0 radical (unpaired) electrons. The Morgan fingerprint density at radius 3 is 1.06 bits per heavy atom. The molecule has 79 heavy (non-hydrogen) atoms. The van der Waals surface area contributed by atoms with Crippen LogP contribution in [0, 0.1) is 0 Å². The number of allylic oxidation sites excluding steroid dienone is 14. The maximum atomic E-state index is 12.9. The smallest absolute Gasteiger partial charge is 0.361 e. The molecule has 9 nitrogen and oxygen atoms in total. The Morgan fingerprint density at radius 2 is 0.722 bits per heavy atom. The number of quaternary nitrogens is 1. The average molecular weight is 1110 g/mol. The van der Waals surface area contributed by atoms with E-state index in [-0.39, 0.29) is 38.6 Å². The van der Waals surface area contributed by atoms with E-state index < -0.39 is 24.3 Å². The van der Waals surface area contributed by atoms with Crippen LogP contribution >= 0.6 is 0 Å². The second-order valence-corrected chi connectivity index (χ2v) is 23.1. The SMILES string of the molecule is CC/C=C\C/C=C\C/C=C\C/C=C\C/C=C\C/C=C\C/C=C\CCCC(=O)OC(COC(=O)CCCCCCCCCCCCCCCCCCCCCCCCCCCCCCCCC)COC(OCC[N+](C)(C)C)C(=O)O. The first-order valence-corrected chi connectivity index (χ1v) is 32.8. The van der Waals surface area contributed by atoms with Crippen molar-refractivity contribution in [1.29, 1.82) is 0 Å². The second-order valence-electron chi connectivity index (χ2n) is 23.1. The van der Waals surface area contributed by atoms with Crippen molar-refractivity contribution in [3.8, 4) is 0 Å². The minimum absolute atomic E-state index is 0.174. The number of carbonyl (C=O) groups is 3. The Balaban J connectivity index is 4.19. The minimum Gasteiger partial charge on any atom is -0.477 e. The highest BCUT2D eigenvalue weighted by molar-refractivity contribution is 5.71. The zero-order chi connectivity index (χ0) is 57.6. The summed E-state index contributed by atoms with van der Waals surface area (Å²) in [6, 6.07) is 0. The van der Waals surface area contributed by atoms with E-state index in [1.54, 1.807) is 0 Å². The van der Waals surface area contributed by atoms with Gasteiger partial charge in [-0.25, -0.2) is 4.79 Å². The summed E-state index contributed by atoms with van der Waals surface area (Å²) in [5.41, 5.74) is 0. The molecule has 0 saturated carbocycles. The molecule has 0 aliphatic rings. The first kappa shape index (κ1) is 75.5. The summed E-state index contributed by atoms with van der Waals surface area (Å²) in [6.45, 7) is 4.72. The van der Waals surface area contributed by atoms with E-state index in [0.717, 1.165) is 70.6 Å². The van der Waals surface area contributed by atoms with Crippen LogP contribution in [0.3, 0.4) is 0 Å². The van der Waals surface area contributed by atoms with E-state index in [1.807, 2.05) is 21.1 Å². The number of aliphatic carboxylic acids is 1. The third-order valence-corrected chi connectivity index (χ3v) is 14.2. The van der Waals surface area contributed by atoms with E-state index in [2.05, 4.69) is 98.9 Å². The fourth-order valence-electron chi connectivity index (χ4n) is 9.18. The summed E-state index contributed by atoms with van der Waals surface area (Å²) in [7, 11) is 5.95. The summed E-state index contributed by atoms with van der Waals surface area (Å²) < 4.78 is 22.9. The standard InChI is InChI=1S/C70H123NO8/c1-6-8-10-12-14-16-18-20-22-24-26-28-30-31-32-33-34-35-36-37-39-40-42-44-46-48-50-52-54-56-58-60-67(72)77-64-66(65-78-70(69(74)75)76-63-62-71(3,4)5)79-68(73)61-59-57-55-53-51-49-47-45-43-41-38-29-27-25-23-21-19-17-15-13-11-9-7-2/h9,11,15,17,21,23,27,29,41,43,47,49,53,55,66,70H,6-8,10,12-14,16,18-20,22,24-26,28,30-40,42,44-46,48,50-52,54,56-65H2,1-5H3/p+1/b11-9-,17-15-,23-21-,29-27-,43-41-,49-47-,55-53-. The van der Waals surface area contributed by atoms with Crippen molar-refractivity contribution in [2.75, 3.05) is 47.5 Å². The lowest BCUT2D eigenvalue weighted by molar-refractivity contribution is -0.870. The van der Waals surface area contributed by atoms with Crippen molar-refractivity contribution in [3.63, 3.8) is 0 Å². The summed E-state index contributed by atoms with van der Waals surface area (Å²) in [4.78, 5) is 37.5. The third-order valence-electron chi connectivity index (χ3n) is 14.2. The zero-order valence-corrected chi connectivity index (χ0v) is 52.0. The number of carboxylic acids is 1. The minimum atomic E-state index is -1.53. The lowest BCUT2D eigenvalue weighted by atomic mass is 10.0. The number of carboxylic acid groups (broad SMARTS) is 1. The van der Waals surface area contributed by atoms with Gasteiger partial charge in [0.05, 0.1) is 34.4 Å². The molecule has 1 N–H and O–H groups in total. The fraction of sp³-hybridized carbons (Fsp3) is 0.757. The summed E-state index contributed by atoms with van der Waals surface area (Å²) in [5.74, 6) is -2.08. The van der Waals surface area contributed by atoms with Gasteiger partial charge >= 0.3 is 17.9 Å². The van der Waals surface area contributed by atoms with Crippen LogP contribution in [0.2, 0.25) is 0 Å². The Bertz CT molecular complexity index is 1570. The Kier molecular flexibility index (Phi) is 57.9. The van der Waals surface area contributed by atoms with Crippen LogP contribution < -0.4 is 0 Å². The van der Waals surface area contributed by atoms with E-state index in [1.165, 1.54) is 180 Å². The Morgan fingerprint density at radius 1 is 0.392 bits per heavy atom. The van der Waals surface area contributed by atoms with E-state index in [9.17, 15) is 19.5 Å². The van der Waals surface area contributed by atoms with Crippen LogP contribution in [-0.4, -0.2) is 87.4 Å². The number of rotatable bonds is 60. The molecular formula is C70H124NO8+. The highest BCUT2D eigenvalue weighted by Gasteiger charge is 2.25. The molecule has 0 rings (SSSR count). The molecule has 456 valence electrons. The van der Waals surface area contributed by atoms with Gasteiger partial charge < -0.3 is 28.5 Å². The van der Waals surface area contributed by atoms with Crippen LogP contribution in [0.4, 0.5) is 0 Å². The fourth-order valence-corrected chi connectivity index (χ4v) is 9.18. The quantitative estimate of drug-likeness (QED) is 0.0211. The molecule has 2 atom stereocenters. The lowest BCUT2D eigenvalue weighted by Gasteiger charge is -2.25. The van der Waals surface area contributed by atoms with E-state index in [0.29, 0.717) is 17.4 Å². The van der Waals surface area contributed by atoms with E-state index in [4.69, 9.17) is 18.9 Å². The van der Waals surface area contributed by atoms with Crippen LogP contribution in [0.15, 0.2) is 85.1 Å². The number of unbranched alkanes of at least 4 members (excludes halogenated alkanes) is 31. The maximum Gasteiger partial charge on any atom is 0.361 e. The molecule has 0 saturated heterocycles. The number of hydrogen-bond acceptors (Lipinski definition) is 7. The summed E-state index contributed by atoms with van der Waals surface area (Å²) in [5, 5.41) is 9.72. The molecule has 0 aromatic heterocycles. The van der Waals surface area contributed by atoms with Crippen molar-refractivity contribution in [3.05, 3.63) is 85.1 Å². The van der Waals surface area contributed by atoms with Gasteiger partial charge in [-0.05, 0) is 64.2 Å². The summed E-state index contributed by atoms with van der Waals surface area (Å²) in [6.07, 6.45) is 78.5. The molecule has 0 aliphatic carbocycles. The molecule has 9 heteroatoms. The average Bonchev–Trinajstić information content (AvgIpc) is 3.42. The van der Waals surface area contributed by atoms with Gasteiger partial charge in [-0.15, -0.1) is 0 Å². The van der Waals surface area contributed by atoms with Crippen LogP contribution in [0.5, 0.6) is 0 Å². The highest BCUT2D eigenvalue weighted by Crippen LogP contribution is 2.18. The number of ether oxygens (including phenoxy) is 4. The largest absolute Gasteiger partial charge is 0.477 e. The molecule has 0 bridgehead atoms. The Hall–Kier alpha value is -3.53. The molecule has 0 spiro atoms. The molecular weight excluding hydrogens is 983 g/mol. The second kappa shape index (κ2) is 60.6. The first-order chi connectivity index (χ1) is 38.6. The molecule has 0 heterocycles.